The number of hydrogen-bond donors (Lipinski definition) is 0. The van der Waals surface area contributed by atoms with Crippen LogP contribution < -0.4 is 0 Å². The van der Waals surface area contributed by atoms with Gasteiger partial charge in [-0.1, -0.05) is 0 Å². The van der Waals surface area contributed by atoms with Crippen LogP contribution in [-0.2, 0) is 4.74 Å². The molecule has 1 aliphatic rings. The molecule has 0 unspecified atom stereocenters. The number of carbonyl (C=O) groups excluding carboxylic acids is 1. The molecule has 1 aliphatic heterocycles. The van der Waals surface area contributed by atoms with E-state index < -0.39 is 0 Å². The maximum Gasteiger partial charge on any atom is 0.183 e. The topological polar surface area (TPSA) is 52.1 Å². The molecule has 1 aromatic rings. The molecule has 0 N–H and O–H groups in total. The van der Waals surface area contributed by atoms with Crippen LogP contribution >= 0.6 is 0 Å². The monoisotopic (exact) mass is 220 g/mol. The van der Waals surface area contributed by atoms with Gasteiger partial charge < -0.3 is 4.74 Å². The van der Waals surface area contributed by atoms with Crippen molar-refractivity contribution in [3.63, 3.8) is 0 Å². The first-order valence-corrected chi connectivity index (χ1v) is 5.65. The second kappa shape index (κ2) is 5.16. The molecule has 0 aromatic carbocycles. The van der Waals surface area contributed by atoms with Gasteiger partial charge in [-0.15, -0.1) is 0 Å². The molecule has 2 rings (SSSR count). The highest BCUT2D eigenvalue weighted by Crippen LogP contribution is 2.20. The summed E-state index contributed by atoms with van der Waals surface area (Å²) in [5.41, 5.74) is 1.32. The fourth-order valence-corrected chi connectivity index (χ4v) is 1.85. The van der Waals surface area contributed by atoms with Crippen LogP contribution in [0.2, 0.25) is 0 Å². The van der Waals surface area contributed by atoms with Gasteiger partial charge in [0.2, 0.25) is 0 Å². The first kappa shape index (κ1) is 11.2. The third-order valence-electron chi connectivity index (χ3n) is 2.88. The van der Waals surface area contributed by atoms with Crippen LogP contribution in [0.3, 0.4) is 0 Å². The predicted octanol–water partition coefficient (Wildman–Crippen LogP) is 1.78. The van der Waals surface area contributed by atoms with E-state index in [1.165, 1.54) is 0 Å². The van der Waals surface area contributed by atoms with Gasteiger partial charge in [-0.3, -0.25) is 9.78 Å². The number of nitrogens with zero attached hydrogens (tertiary/aromatic N) is 2. The molecular weight excluding hydrogens is 204 g/mol. The summed E-state index contributed by atoms with van der Waals surface area (Å²) in [6, 6.07) is 0. The van der Waals surface area contributed by atoms with Crippen LogP contribution in [0.25, 0.3) is 0 Å². The van der Waals surface area contributed by atoms with Crippen molar-refractivity contribution in [2.45, 2.75) is 26.2 Å². The second-order valence-corrected chi connectivity index (χ2v) is 4.23. The van der Waals surface area contributed by atoms with Crippen LogP contribution in [0.4, 0.5) is 0 Å². The van der Waals surface area contributed by atoms with Gasteiger partial charge in [0.15, 0.2) is 5.78 Å². The number of rotatable bonds is 3. The standard InChI is InChI=1S/C12H16N2O2/c1-9-7-14-11(8-13-9)12(15)6-10-2-4-16-5-3-10/h7-8,10H,2-6H2,1H3. The molecule has 2 heterocycles. The third kappa shape index (κ3) is 2.85. The highest BCUT2D eigenvalue weighted by atomic mass is 16.5. The molecule has 86 valence electrons. The zero-order valence-electron chi connectivity index (χ0n) is 9.48. The Kier molecular flexibility index (Phi) is 3.62. The number of aromatic nitrogens is 2. The minimum Gasteiger partial charge on any atom is -0.381 e. The van der Waals surface area contributed by atoms with Crippen LogP contribution in [0.15, 0.2) is 12.4 Å². The quantitative estimate of drug-likeness (QED) is 0.729. The Morgan fingerprint density at radius 1 is 1.38 bits per heavy atom. The maximum atomic E-state index is 11.9. The lowest BCUT2D eigenvalue weighted by atomic mass is 9.93. The maximum absolute atomic E-state index is 11.9. The first-order valence-electron chi connectivity index (χ1n) is 5.65. The lowest BCUT2D eigenvalue weighted by Crippen LogP contribution is -2.19. The smallest absolute Gasteiger partial charge is 0.183 e. The van der Waals surface area contributed by atoms with E-state index >= 15 is 0 Å². The number of Topliss-reactive ketones (excluding diaryl/α,β-unsaturated/α-hetero) is 1. The van der Waals surface area contributed by atoms with Crippen LogP contribution in [0.1, 0.15) is 35.4 Å². The highest BCUT2D eigenvalue weighted by Gasteiger charge is 2.19. The average Bonchev–Trinajstić information content (AvgIpc) is 2.31. The molecule has 4 nitrogen and oxygen atoms in total. The molecule has 0 atom stereocenters. The van der Waals surface area contributed by atoms with Crippen molar-refractivity contribution in [1.29, 1.82) is 0 Å². The van der Waals surface area contributed by atoms with Gasteiger partial charge in [0.05, 0.1) is 11.9 Å². The van der Waals surface area contributed by atoms with Gasteiger partial charge in [-0.05, 0) is 25.7 Å². The van der Waals surface area contributed by atoms with Crippen LogP contribution in [0, 0.1) is 12.8 Å². The lowest BCUT2D eigenvalue weighted by molar-refractivity contribution is 0.0599. The Labute approximate surface area is 95.1 Å². The van der Waals surface area contributed by atoms with Crippen LogP contribution in [-0.4, -0.2) is 29.0 Å². The fraction of sp³-hybridized carbons (Fsp3) is 0.583. The Bertz CT molecular complexity index is 356. The minimum atomic E-state index is 0.0967. The molecule has 4 heteroatoms. The van der Waals surface area contributed by atoms with E-state index in [4.69, 9.17) is 4.74 Å². The van der Waals surface area contributed by atoms with E-state index in [0.29, 0.717) is 18.0 Å². The summed E-state index contributed by atoms with van der Waals surface area (Å²) in [5, 5.41) is 0. The Morgan fingerprint density at radius 2 is 2.12 bits per heavy atom. The van der Waals surface area contributed by atoms with Crippen molar-refractivity contribution in [1.82, 2.24) is 9.97 Å². The van der Waals surface area contributed by atoms with E-state index in [9.17, 15) is 4.79 Å². The van der Waals surface area contributed by atoms with Gasteiger partial charge in [-0.2, -0.15) is 0 Å². The van der Waals surface area contributed by atoms with Crippen LogP contribution in [0.5, 0.6) is 0 Å². The van der Waals surface area contributed by atoms with Gasteiger partial charge in [0, 0.05) is 25.8 Å². The molecule has 0 amide bonds. The molecule has 0 radical (unpaired) electrons. The second-order valence-electron chi connectivity index (χ2n) is 4.23. The van der Waals surface area contributed by atoms with E-state index in [0.717, 1.165) is 31.7 Å². The molecule has 0 saturated carbocycles. The first-order chi connectivity index (χ1) is 7.75. The number of carbonyl (C=O) groups is 1. The van der Waals surface area contributed by atoms with Crippen molar-refractivity contribution in [3.05, 3.63) is 23.8 Å². The fourth-order valence-electron chi connectivity index (χ4n) is 1.85. The minimum absolute atomic E-state index is 0.0967. The van der Waals surface area contributed by atoms with Gasteiger partial charge >= 0.3 is 0 Å². The number of aryl methyl sites for hydroxylation is 1. The Balaban J connectivity index is 1.94. The summed E-state index contributed by atoms with van der Waals surface area (Å²) < 4.78 is 5.26. The molecule has 0 spiro atoms. The highest BCUT2D eigenvalue weighted by molar-refractivity contribution is 5.94. The van der Waals surface area contributed by atoms with E-state index in [-0.39, 0.29) is 5.78 Å². The SMILES string of the molecule is Cc1cnc(C(=O)CC2CCOCC2)cn1. The zero-order valence-corrected chi connectivity index (χ0v) is 9.48. The van der Waals surface area contributed by atoms with Gasteiger partial charge in [0.1, 0.15) is 5.69 Å². The number of hydrogen-bond acceptors (Lipinski definition) is 4. The predicted molar refractivity (Wildman–Crippen MR) is 59.3 cm³/mol. The van der Waals surface area contributed by atoms with Crippen molar-refractivity contribution in [2.24, 2.45) is 5.92 Å². The van der Waals surface area contributed by atoms with Crippen molar-refractivity contribution in [2.75, 3.05) is 13.2 Å². The summed E-state index contributed by atoms with van der Waals surface area (Å²) in [4.78, 5) is 20.1. The third-order valence-corrected chi connectivity index (χ3v) is 2.88. The van der Waals surface area contributed by atoms with Gasteiger partial charge in [-0.25, -0.2) is 4.98 Å². The molecule has 1 fully saturated rings. The molecule has 0 bridgehead atoms. The van der Waals surface area contributed by atoms with E-state index in [1.807, 2.05) is 6.92 Å². The molecule has 16 heavy (non-hydrogen) atoms. The van der Waals surface area contributed by atoms with Gasteiger partial charge in [0.25, 0.3) is 0 Å². The van der Waals surface area contributed by atoms with Crippen molar-refractivity contribution in [3.8, 4) is 0 Å². The van der Waals surface area contributed by atoms with E-state index in [2.05, 4.69) is 9.97 Å². The molecule has 0 aliphatic carbocycles. The number of ketones is 1. The van der Waals surface area contributed by atoms with Crippen molar-refractivity contribution >= 4 is 5.78 Å². The Morgan fingerprint density at radius 3 is 2.75 bits per heavy atom. The summed E-state index contributed by atoms with van der Waals surface area (Å²) in [7, 11) is 0. The Hall–Kier alpha value is -1.29. The lowest BCUT2D eigenvalue weighted by Gasteiger charge is -2.20. The largest absolute Gasteiger partial charge is 0.381 e. The zero-order chi connectivity index (χ0) is 11.4. The molecule has 1 aromatic heterocycles. The normalized spacial score (nSPS) is 17.3. The summed E-state index contributed by atoms with van der Waals surface area (Å²) in [6.45, 7) is 3.41. The molecule has 1 saturated heterocycles. The van der Waals surface area contributed by atoms with E-state index in [1.54, 1.807) is 12.4 Å². The number of ether oxygens (including phenoxy) is 1. The summed E-state index contributed by atoms with van der Waals surface area (Å²) in [5.74, 6) is 0.545. The van der Waals surface area contributed by atoms with Crippen molar-refractivity contribution < 1.29 is 9.53 Å². The summed E-state index contributed by atoms with van der Waals surface area (Å²) in [6.07, 6.45) is 5.73. The molecular formula is C12H16N2O2. The average molecular weight is 220 g/mol. The summed E-state index contributed by atoms with van der Waals surface area (Å²) >= 11 is 0.